The maximum Gasteiger partial charge on any atom is 0.273 e. The Balaban J connectivity index is 2.25. The quantitative estimate of drug-likeness (QED) is 0.627. The lowest BCUT2D eigenvalue weighted by Crippen LogP contribution is -2.26. The van der Waals surface area contributed by atoms with Crippen LogP contribution in [-0.4, -0.2) is 29.3 Å². The van der Waals surface area contributed by atoms with Crippen LogP contribution in [-0.2, 0) is 6.42 Å². The van der Waals surface area contributed by atoms with Crippen molar-refractivity contribution in [3.63, 3.8) is 0 Å². The van der Waals surface area contributed by atoms with E-state index in [1.165, 1.54) is 12.1 Å². The number of carbonyl (C=O) groups is 1. The van der Waals surface area contributed by atoms with E-state index in [0.29, 0.717) is 35.4 Å². The van der Waals surface area contributed by atoms with Crippen LogP contribution >= 0.6 is 0 Å². The number of nitrogens with zero attached hydrogens (tertiary/aromatic N) is 2. The van der Waals surface area contributed by atoms with Crippen molar-refractivity contribution in [1.82, 2.24) is 15.5 Å². The molecule has 1 heterocycles. The summed E-state index contributed by atoms with van der Waals surface area (Å²) in [5.41, 5.74) is 9.73. The Kier molecular flexibility index (Phi) is 6.26. The van der Waals surface area contributed by atoms with Crippen molar-refractivity contribution in [1.29, 1.82) is 0 Å². The number of hydrogen-bond acceptors (Lipinski definition) is 5. The van der Waals surface area contributed by atoms with Gasteiger partial charge in [0.15, 0.2) is 5.69 Å². The van der Waals surface area contributed by atoms with Crippen LogP contribution in [0.25, 0.3) is 22.0 Å². The van der Waals surface area contributed by atoms with Gasteiger partial charge in [0.1, 0.15) is 17.1 Å². The molecule has 7 heteroatoms. The Morgan fingerprint density at radius 1 is 1.17 bits per heavy atom. The molecule has 0 aliphatic heterocycles. The van der Waals surface area contributed by atoms with E-state index in [1.807, 2.05) is 32.9 Å². The molecule has 0 saturated carbocycles. The highest BCUT2D eigenvalue weighted by Crippen LogP contribution is 2.39. The van der Waals surface area contributed by atoms with Gasteiger partial charge >= 0.3 is 0 Å². The first-order valence-corrected chi connectivity index (χ1v) is 9.80. The predicted octanol–water partition coefficient (Wildman–Crippen LogP) is 4.12. The molecule has 0 fully saturated rings. The van der Waals surface area contributed by atoms with Gasteiger partial charge in [-0.15, -0.1) is 10.2 Å². The Labute approximate surface area is 169 Å². The molecule has 3 rings (SSSR count). The van der Waals surface area contributed by atoms with Crippen molar-refractivity contribution in [2.45, 2.75) is 33.6 Å². The molecule has 0 bridgehead atoms. The lowest BCUT2D eigenvalue weighted by molar-refractivity contribution is 0.0949. The van der Waals surface area contributed by atoms with E-state index in [1.54, 1.807) is 6.07 Å². The molecule has 0 radical (unpaired) electrons. The molecular weight excluding hydrogens is 371 g/mol. The number of rotatable bonds is 7. The molecule has 1 amide bonds. The van der Waals surface area contributed by atoms with Crippen molar-refractivity contribution >= 4 is 22.5 Å². The van der Waals surface area contributed by atoms with Crippen LogP contribution in [0.15, 0.2) is 30.3 Å². The van der Waals surface area contributed by atoms with Crippen LogP contribution in [0, 0.1) is 5.82 Å². The number of nitrogens with two attached hydrogens (primary N) is 1. The zero-order valence-electron chi connectivity index (χ0n) is 16.9. The van der Waals surface area contributed by atoms with Gasteiger partial charge in [-0.05, 0) is 37.5 Å². The van der Waals surface area contributed by atoms with Gasteiger partial charge in [0.25, 0.3) is 5.91 Å². The molecule has 0 aliphatic carbocycles. The molecule has 0 saturated heterocycles. The number of benzene rings is 2. The van der Waals surface area contributed by atoms with Crippen molar-refractivity contribution in [2.75, 3.05) is 18.9 Å². The second kappa shape index (κ2) is 8.86. The highest BCUT2D eigenvalue weighted by atomic mass is 19.1. The SMILES string of the molecule is CCCNC(=O)c1nnc2c(-c3ccc(F)cc3OCC)c(CC)ccc2c1N. The smallest absolute Gasteiger partial charge is 0.273 e. The zero-order chi connectivity index (χ0) is 21.0. The van der Waals surface area contributed by atoms with Crippen LogP contribution in [0.2, 0.25) is 0 Å². The van der Waals surface area contributed by atoms with Gasteiger partial charge in [-0.3, -0.25) is 4.79 Å². The third-order valence-corrected chi connectivity index (χ3v) is 4.70. The van der Waals surface area contributed by atoms with Crippen molar-refractivity contribution in [3.05, 3.63) is 47.4 Å². The summed E-state index contributed by atoms with van der Waals surface area (Å²) in [4.78, 5) is 12.4. The van der Waals surface area contributed by atoms with Gasteiger partial charge in [0, 0.05) is 29.1 Å². The van der Waals surface area contributed by atoms with E-state index in [0.717, 1.165) is 24.0 Å². The minimum absolute atomic E-state index is 0.102. The topological polar surface area (TPSA) is 90.1 Å². The number of ether oxygens (including phenoxy) is 1. The van der Waals surface area contributed by atoms with Gasteiger partial charge in [0.05, 0.1) is 12.3 Å². The molecule has 152 valence electrons. The lowest BCUT2D eigenvalue weighted by Gasteiger charge is -2.17. The highest BCUT2D eigenvalue weighted by Gasteiger charge is 2.20. The number of aromatic nitrogens is 2. The number of hydrogen-bond donors (Lipinski definition) is 2. The Hall–Kier alpha value is -3.22. The van der Waals surface area contributed by atoms with E-state index in [2.05, 4.69) is 15.5 Å². The molecule has 3 N–H and O–H groups in total. The monoisotopic (exact) mass is 396 g/mol. The van der Waals surface area contributed by atoms with Crippen molar-refractivity contribution in [2.24, 2.45) is 0 Å². The number of amides is 1. The number of fused-ring (bicyclic) bond motifs is 1. The van der Waals surface area contributed by atoms with Crippen molar-refractivity contribution < 1.29 is 13.9 Å². The van der Waals surface area contributed by atoms with Gasteiger partial charge < -0.3 is 15.8 Å². The summed E-state index contributed by atoms with van der Waals surface area (Å²) in [6, 6.07) is 8.22. The van der Waals surface area contributed by atoms with E-state index in [9.17, 15) is 9.18 Å². The van der Waals surface area contributed by atoms with E-state index >= 15 is 0 Å². The summed E-state index contributed by atoms with van der Waals surface area (Å²) in [6.45, 7) is 6.77. The largest absolute Gasteiger partial charge is 0.493 e. The molecule has 6 nitrogen and oxygen atoms in total. The lowest BCUT2D eigenvalue weighted by atomic mass is 9.93. The Morgan fingerprint density at radius 2 is 1.97 bits per heavy atom. The highest BCUT2D eigenvalue weighted by molar-refractivity contribution is 6.08. The van der Waals surface area contributed by atoms with E-state index in [4.69, 9.17) is 10.5 Å². The molecule has 1 aromatic heterocycles. The van der Waals surface area contributed by atoms with Crippen LogP contribution < -0.4 is 15.8 Å². The summed E-state index contributed by atoms with van der Waals surface area (Å²) in [5.74, 6) is -0.299. The molecule has 0 spiro atoms. The summed E-state index contributed by atoms with van der Waals surface area (Å²) >= 11 is 0. The predicted molar refractivity (Wildman–Crippen MR) is 113 cm³/mol. The van der Waals surface area contributed by atoms with E-state index in [-0.39, 0.29) is 23.1 Å². The number of aryl methyl sites for hydroxylation is 1. The molecule has 29 heavy (non-hydrogen) atoms. The van der Waals surface area contributed by atoms with Gasteiger partial charge in [-0.25, -0.2) is 4.39 Å². The summed E-state index contributed by atoms with van der Waals surface area (Å²) in [7, 11) is 0. The zero-order valence-corrected chi connectivity index (χ0v) is 16.9. The average Bonchev–Trinajstić information content (AvgIpc) is 2.72. The standard InChI is InChI=1S/C22H25FN4O2/c1-4-11-25-22(28)21-19(24)16-9-7-13(5-2)18(20(16)26-27-21)15-10-8-14(23)12-17(15)29-6-3/h7-10,12H,4-6,11H2,1-3H3,(H2,24,26)(H,25,28). The van der Waals surface area contributed by atoms with Gasteiger partial charge in [-0.2, -0.15) is 0 Å². The van der Waals surface area contributed by atoms with Gasteiger partial charge in [-0.1, -0.05) is 26.0 Å². The number of nitrogen functional groups attached to an aromatic ring is 1. The second-order valence-corrected chi connectivity index (χ2v) is 6.64. The number of nitrogens with one attached hydrogen (secondary N) is 1. The van der Waals surface area contributed by atoms with Crippen LogP contribution in [0.4, 0.5) is 10.1 Å². The maximum atomic E-state index is 13.8. The Morgan fingerprint density at radius 3 is 2.66 bits per heavy atom. The van der Waals surface area contributed by atoms with Crippen LogP contribution in [0.5, 0.6) is 5.75 Å². The minimum atomic E-state index is -0.379. The third kappa shape index (κ3) is 3.99. The summed E-state index contributed by atoms with van der Waals surface area (Å²) < 4.78 is 19.5. The molecule has 2 aromatic carbocycles. The van der Waals surface area contributed by atoms with Crippen molar-refractivity contribution in [3.8, 4) is 16.9 Å². The number of carbonyl (C=O) groups excluding carboxylic acids is 1. The molecule has 0 unspecified atom stereocenters. The van der Waals surface area contributed by atoms with E-state index < -0.39 is 0 Å². The normalized spacial score (nSPS) is 10.9. The first-order valence-electron chi connectivity index (χ1n) is 9.80. The fraction of sp³-hybridized carbons (Fsp3) is 0.318. The summed E-state index contributed by atoms with van der Waals surface area (Å²) in [6.07, 6.45) is 1.54. The molecular formula is C22H25FN4O2. The van der Waals surface area contributed by atoms with Gasteiger partial charge in [0.2, 0.25) is 0 Å². The van der Waals surface area contributed by atoms with Crippen LogP contribution in [0.1, 0.15) is 43.2 Å². The number of halogens is 1. The summed E-state index contributed by atoms with van der Waals surface area (Å²) in [5, 5.41) is 11.8. The Bertz CT molecular complexity index is 1050. The molecule has 0 aliphatic rings. The maximum absolute atomic E-state index is 13.8. The third-order valence-electron chi connectivity index (χ3n) is 4.70. The first-order chi connectivity index (χ1) is 14.0. The fourth-order valence-electron chi connectivity index (χ4n) is 3.30. The average molecular weight is 396 g/mol. The minimum Gasteiger partial charge on any atom is -0.493 e. The second-order valence-electron chi connectivity index (χ2n) is 6.64. The fourth-order valence-corrected chi connectivity index (χ4v) is 3.30. The number of anilines is 1. The molecule has 0 atom stereocenters. The first kappa shape index (κ1) is 20.5. The molecule has 3 aromatic rings. The van der Waals surface area contributed by atoms with Crippen LogP contribution in [0.3, 0.4) is 0 Å².